The van der Waals surface area contributed by atoms with Gasteiger partial charge in [-0.05, 0) is 13.0 Å². The van der Waals surface area contributed by atoms with Gasteiger partial charge in [-0.2, -0.15) is 5.10 Å². The van der Waals surface area contributed by atoms with Gasteiger partial charge in [0.05, 0.1) is 6.54 Å². The van der Waals surface area contributed by atoms with E-state index in [2.05, 4.69) is 10.1 Å². The molecule has 0 aliphatic rings. The zero-order valence-corrected chi connectivity index (χ0v) is 9.59. The van der Waals surface area contributed by atoms with E-state index in [1.165, 1.54) is 6.33 Å². The van der Waals surface area contributed by atoms with Gasteiger partial charge in [0.2, 0.25) is 0 Å². The van der Waals surface area contributed by atoms with Crippen molar-refractivity contribution >= 4 is 11.6 Å². The van der Waals surface area contributed by atoms with Gasteiger partial charge in [0.25, 0.3) is 0 Å². The van der Waals surface area contributed by atoms with Crippen LogP contribution in [0.15, 0.2) is 36.9 Å². The number of aliphatic hydroxyl groups is 1. The standard InChI is InChI=1S/C11H12ClN3O/c1-11(16,6-15-8-13-7-14-15)9-4-2-3-5-10(9)12/h2-5,7-8,16H,6H2,1H3. The third-order valence-corrected chi connectivity index (χ3v) is 2.72. The highest BCUT2D eigenvalue weighted by atomic mass is 35.5. The van der Waals surface area contributed by atoms with E-state index < -0.39 is 5.60 Å². The minimum atomic E-state index is -1.06. The summed E-state index contributed by atoms with van der Waals surface area (Å²) in [7, 11) is 0. The predicted molar refractivity (Wildman–Crippen MR) is 61.0 cm³/mol. The first kappa shape index (κ1) is 11.1. The zero-order valence-electron chi connectivity index (χ0n) is 8.84. The largest absolute Gasteiger partial charge is 0.383 e. The summed E-state index contributed by atoms with van der Waals surface area (Å²) in [4.78, 5) is 3.83. The Balaban J connectivity index is 2.28. The second-order valence-corrected chi connectivity index (χ2v) is 4.25. The summed E-state index contributed by atoms with van der Waals surface area (Å²) in [5.41, 5.74) is -0.376. The molecule has 16 heavy (non-hydrogen) atoms. The Hall–Kier alpha value is -1.39. The molecule has 1 aromatic carbocycles. The van der Waals surface area contributed by atoms with E-state index in [1.807, 2.05) is 12.1 Å². The molecule has 0 fully saturated rings. The lowest BCUT2D eigenvalue weighted by molar-refractivity contribution is 0.0346. The highest BCUT2D eigenvalue weighted by molar-refractivity contribution is 6.31. The Bertz CT molecular complexity index is 468. The van der Waals surface area contributed by atoms with Crippen LogP contribution in [-0.2, 0) is 12.1 Å². The van der Waals surface area contributed by atoms with E-state index >= 15 is 0 Å². The van der Waals surface area contributed by atoms with Crippen LogP contribution in [0.2, 0.25) is 5.02 Å². The van der Waals surface area contributed by atoms with Crippen LogP contribution in [0.1, 0.15) is 12.5 Å². The number of nitrogens with zero attached hydrogens (tertiary/aromatic N) is 3. The lowest BCUT2D eigenvalue weighted by atomic mass is 9.96. The number of rotatable bonds is 3. The van der Waals surface area contributed by atoms with Crippen molar-refractivity contribution in [2.45, 2.75) is 19.1 Å². The Morgan fingerprint density at radius 2 is 2.19 bits per heavy atom. The molecule has 0 spiro atoms. The van der Waals surface area contributed by atoms with Crippen molar-refractivity contribution in [2.24, 2.45) is 0 Å². The summed E-state index contributed by atoms with van der Waals surface area (Å²) in [6, 6.07) is 7.24. The molecule has 1 N–H and O–H groups in total. The van der Waals surface area contributed by atoms with Gasteiger partial charge < -0.3 is 5.11 Å². The minimum absolute atomic E-state index is 0.316. The van der Waals surface area contributed by atoms with Crippen LogP contribution in [-0.4, -0.2) is 19.9 Å². The van der Waals surface area contributed by atoms with E-state index in [9.17, 15) is 5.11 Å². The molecule has 0 amide bonds. The smallest absolute Gasteiger partial charge is 0.137 e. The SMILES string of the molecule is CC(O)(Cn1cncn1)c1ccccc1Cl. The number of hydrogen-bond acceptors (Lipinski definition) is 3. The molecule has 2 rings (SSSR count). The van der Waals surface area contributed by atoms with Crippen LogP contribution in [0.5, 0.6) is 0 Å². The number of aromatic nitrogens is 3. The minimum Gasteiger partial charge on any atom is -0.383 e. The van der Waals surface area contributed by atoms with Crippen LogP contribution >= 0.6 is 11.6 Å². The highest BCUT2D eigenvalue weighted by Gasteiger charge is 2.26. The fourth-order valence-corrected chi connectivity index (χ4v) is 1.95. The second kappa shape index (κ2) is 4.23. The zero-order chi connectivity index (χ0) is 11.6. The lowest BCUT2D eigenvalue weighted by Crippen LogP contribution is -2.28. The first-order valence-electron chi connectivity index (χ1n) is 4.89. The molecule has 1 aromatic heterocycles. The van der Waals surface area contributed by atoms with Crippen molar-refractivity contribution in [2.75, 3.05) is 0 Å². The molecular formula is C11H12ClN3O. The summed E-state index contributed by atoms with van der Waals surface area (Å²) in [5, 5.41) is 14.9. The summed E-state index contributed by atoms with van der Waals surface area (Å²) in [6.45, 7) is 2.02. The van der Waals surface area contributed by atoms with Gasteiger partial charge in [-0.1, -0.05) is 29.8 Å². The van der Waals surface area contributed by atoms with Gasteiger partial charge in [0.15, 0.2) is 0 Å². The van der Waals surface area contributed by atoms with E-state index in [0.717, 1.165) is 0 Å². The van der Waals surface area contributed by atoms with Crippen molar-refractivity contribution in [3.05, 3.63) is 47.5 Å². The van der Waals surface area contributed by atoms with Crippen LogP contribution in [0, 0.1) is 0 Å². The third-order valence-electron chi connectivity index (χ3n) is 2.39. The quantitative estimate of drug-likeness (QED) is 0.886. The van der Waals surface area contributed by atoms with E-state index in [4.69, 9.17) is 11.6 Å². The normalized spacial score (nSPS) is 14.7. The molecule has 1 atom stereocenters. The number of hydrogen-bond donors (Lipinski definition) is 1. The fraction of sp³-hybridized carbons (Fsp3) is 0.273. The highest BCUT2D eigenvalue weighted by Crippen LogP contribution is 2.28. The van der Waals surface area contributed by atoms with Crippen LogP contribution in [0.3, 0.4) is 0 Å². The average molecular weight is 238 g/mol. The van der Waals surface area contributed by atoms with Crippen LogP contribution in [0.4, 0.5) is 0 Å². The number of halogens is 1. The van der Waals surface area contributed by atoms with Gasteiger partial charge >= 0.3 is 0 Å². The molecule has 5 heteroatoms. The molecule has 0 aliphatic carbocycles. The van der Waals surface area contributed by atoms with E-state index in [1.54, 1.807) is 30.1 Å². The maximum absolute atomic E-state index is 10.4. The summed E-state index contributed by atoms with van der Waals surface area (Å²) >= 11 is 6.04. The summed E-state index contributed by atoms with van der Waals surface area (Å²) < 4.78 is 1.57. The van der Waals surface area contributed by atoms with Gasteiger partial charge in [-0.3, -0.25) is 0 Å². The van der Waals surface area contributed by atoms with E-state index in [0.29, 0.717) is 17.1 Å². The molecule has 84 valence electrons. The molecule has 4 nitrogen and oxygen atoms in total. The molecule has 0 aliphatic heterocycles. The molecule has 2 aromatic rings. The van der Waals surface area contributed by atoms with Crippen molar-refractivity contribution in [1.29, 1.82) is 0 Å². The van der Waals surface area contributed by atoms with Gasteiger partial charge in [-0.25, -0.2) is 9.67 Å². The molecule has 0 saturated carbocycles. The van der Waals surface area contributed by atoms with Gasteiger partial charge in [0, 0.05) is 10.6 Å². The average Bonchev–Trinajstić information content (AvgIpc) is 2.70. The first-order chi connectivity index (χ1) is 7.59. The summed E-state index contributed by atoms with van der Waals surface area (Å²) in [6.07, 6.45) is 2.99. The topological polar surface area (TPSA) is 50.9 Å². The Kier molecular flexibility index (Phi) is 2.94. The summed E-state index contributed by atoms with van der Waals surface area (Å²) in [5.74, 6) is 0. The first-order valence-corrected chi connectivity index (χ1v) is 5.27. The molecule has 0 saturated heterocycles. The molecular weight excluding hydrogens is 226 g/mol. The Morgan fingerprint density at radius 1 is 1.44 bits per heavy atom. The second-order valence-electron chi connectivity index (χ2n) is 3.85. The van der Waals surface area contributed by atoms with Crippen LogP contribution < -0.4 is 0 Å². The Labute approximate surface area is 98.5 Å². The monoisotopic (exact) mass is 237 g/mol. The van der Waals surface area contributed by atoms with Gasteiger partial charge in [0.1, 0.15) is 18.3 Å². The number of benzene rings is 1. The lowest BCUT2D eigenvalue weighted by Gasteiger charge is -2.24. The van der Waals surface area contributed by atoms with Crippen LogP contribution in [0.25, 0.3) is 0 Å². The molecule has 0 bridgehead atoms. The molecule has 1 heterocycles. The maximum atomic E-state index is 10.4. The van der Waals surface area contributed by atoms with Crippen molar-refractivity contribution in [1.82, 2.24) is 14.8 Å². The van der Waals surface area contributed by atoms with E-state index in [-0.39, 0.29) is 0 Å². The maximum Gasteiger partial charge on any atom is 0.137 e. The Morgan fingerprint density at radius 3 is 2.81 bits per heavy atom. The molecule has 0 radical (unpaired) electrons. The van der Waals surface area contributed by atoms with Crippen molar-refractivity contribution < 1.29 is 5.11 Å². The van der Waals surface area contributed by atoms with Crippen molar-refractivity contribution in [3.63, 3.8) is 0 Å². The van der Waals surface area contributed by atoms with Gasteiger partial charge in [-0.15, -0.1) is 0 Å². The molecule has 1 unspecified atom stereocenters. The predicted octanol–water partition coefficient (Wildman–Crippen LogP) is 1.84. The third kappa shape index (κ3) is 2.23. The van der Waals surface area contributed by atoms with Crippen molar-refractivity contribution in [3.8, 4) is 0 Å². The fourth-order valence-electron chi connectivity index (χ4n) is 1.61.